The largest absolute Gasteiger partial charge is 0.497 e. The van der Waals surface area contributed by atoms with Gasteiger partial charge >= 0.3 is 0 Å². The predicted molar refractivity (Wildman–Crippen MR) is 80.3 cm³/mol. The third-order valence-corrected chi connectivity index (χ3v) is 3.23. The average Bonchev–Trinajstić information content (AvgIpc) is 2.37. The highest BCUT2D eigenvalue weighted by molar-refractivity contribution is 7.80. The Labute approximate surface area is 119 Å². The second-order valence-corrected chi connectivity index (χ2v) is 5.07. The zero-order valence-electron chi connectivity index (χ0n) is 11.6. The molecule has 104 valence electrons. The van der Waals surface area contributed by atoms with Gasteiger partial charge in [-0.1, -0.05) is 24.4 Å². The first kappa shape index (κ1) is 15.4. The van der Waals surface area contributed by atoms with Crippen molar-refractivity contribution >= 4 is 23.1 Å². The van der Waals surface area contributed by atoms with Crippen molar-refractivity contribution < 1.29 is 9.53 Å². The summed E-state index contributed by atoms with van der Waals surface area (Å²) >= 11 is 4.86. The maximum Gasteiger partial charge on any atom is 0.226 e. The zero-order chi connectivity index (χ0) is 14.4. The molecule has 1 aromatic carbocycles. The van der Waals surface area contributed by atoms with Gasteiger partial charge < -0.3 is 15.4 Å². The highest BCUT2D eigenvalue weighted by Gasteiger charge is 2.16. The molecule has 4 nitrogen and oxygen atoms in total. The van der Waals surface area contributed by atoms with Gasteiger partial charge in [0.25, 0.3) is 0 Å². The second-order valence-electron chi connectivity index (χ2n) is 4.55. The van der Waals surface area contributed by atoms with Crippen LogP contribution in [0.3, 0.4) is 0 Å². The number of nitrogens with zero attached hydrogens (tertiary/aromatic N) is 1. The molecule has 0 fully saturated rings. The van der Waals surface area contributed by atoms with E-state index in [1.807, 2.05) is 31.2 Å². The Bertz CT molecular complexity index is 445. The molecule has 0 aliphatic heterocycles. The van der Waals surface area contributed by atoms with E-state index >= 15 is 0 Å². The van der Waals surface area contributed by atoms with E-state index in [9.17, 15) is 4.79 Å². The Balaban J connectivity index is 2.60. The van der Waals surface area contributed by atoms with Crippen LogP contribution in [0.5, 0.6) is 5.75 Å². The van der Waals surface area contributed by atoms with E-state index in [0.29, 0.717) is 17.8 Å². The smallest absolute Gasteiger partial charge is 0.226 e. The SMILES string of the molecule is COc1ccc(CC(=O)N(C)C(C)CC(N)=S)cc1. The van der Waals surface area contributed by atoms with Crippen LogP contribution in [-0.4, -0.2) is 36.0 Å². The number of amides is 1. The first-order chi connectivity index (χ1) is 8.93. The van der Waals surface area contributed by atoms with Gasteiger partial charge in [0.2, 0.25) is 5.91 Å². The van der Waals surface area contributed by atoms with Crippen LogP contribution in [0.2, 0.25) is 0 Å². The highest BCUT2D eigenvalue weighted by atomic mass is 32.1. The van der Waals surface area contributed by atoms with E-state index < -0.39 is 0 Å². The molecule has 1 aromatic rings. The first-order valence-electron chi connectivity index (χ1n) is 6.11. The standard InChI is InChI=1S/C14H20N2O2S/c1-10(8-13(15)19)16(2)14(17)9-11-4-6-12(18-3)7-5-11/h4-7,10H,8-9H2,1-3H3,(H2,15,19). The summed E-state index contributed by atoms with van der Waals surface area (Å²) < 4.78 is 5.08. The average molecular weight is 280 g/mol. The van der Waals surface area contributed by atoms with E-state index in [4.69, 9.17) is 22.7 Å². The lowest BCUT2D eigenvalue weighted by atomic mass is 10.1. The molecule has 0 saturated carbocycles. The molecule has 2 N–H and O–H groups in total. The summed E-state index contributed by atoms with van der Waals surface area (Å²) in [6.45, 7) is 1.94. The fourth-order valence-corrected chi connectivity index (χ4v) is 1.96. The van der Waals surface area contributed by atoms with E-state index in [-0.39, 0.29) is 11.9 Å². The fourth-order valence-electron chi connectivity index (χ4n) is 1.72. The Morgan fingerprint density at radius 2 is 2.00 bits per heavy atom. The number of hydrogen-bond acceptors (Lipinski definition) is 3. The third-order valence-electron chi connectivity index (χ3n) is 3.07. The van der Waals surface area contributed by atoms with Crippen LogP contribution in [0, 0.1) is 0 Å². The molecule has 19 heavy (non-hydrogen) atoms. The summed E-state index contributed by atoms with van der Waals surface area (Å²) in [7, 11) is 3.39. The molecule has 1 amide bonds. The molecule has 1 unspecified atom stereocenters. The van der Waals surface area contributed by atoms with E-state index in [1.165, 1.54) is 0 Å². The Morgan fingerprint density at radius 1 is 1.42 bits per heavy atom. The monoisotopic (exact) mass is 280 g/mol. The van der Waals surface area contributed by atoms with Crippen LogP contribution in [0.1, 0.15) is 18.9 Å². The summed E-state index contributed by atoms with van der Waals surface area (Å²) in [5, 5.41) is 0. The molecular formula is C14H20N2O2S. The Hall–Kier alpha value is -1.62. The molecule has 0 aromatic heterocycles. The third kappa shape index (κ3) is 4.87. The summed E-state index contributed by atoms with van der Waals surface area (Å²) in [6.07, 6.45) is 0.905. The van der Waals surface area contributed by atoms with Crippen LogP contribution in [0.15, 0.2) is 24.3 Å². The number of benzene rings is 1. The highest BCUT2D eigenvalue weighted by Crippen LogP contribution is 2.13. The van der Waals surface area contributed by atoms with Crippen molar-refractivity contribution in [1.82, 2.24) is 4.90 Å². The van der Waals surface area contributed by atoms with Gasteiger partial charge in [-0.3, -0.25) is 4.79 Å². The molecule has 1 rings (SSSR count). The molecule has 0 aliphatic rings. The lowest BCUT2D eigenvalue weighted by Gasteiger charge is -2.24. The van der Waals surface area contributed by atoms with Crippen molar-refractivity contribution in [3.8, 4) is 5.75 Å². The molecule has 0 heterocycles. The normalized spacial score (nSPS) is 11.7. The number of nitrogens with two attached hydrogens (primary N) is 1. The van der Waals surface area contributed by atoms with Crippen molar-refractivity contribution in [2.45, 2.75) is 25.8 Å². The van der Waals surface area contributed by atoms with E-state index in [1.54, 1.807) is 19.1 Å². The van der Waals surface area contributed by atoms with Crippen LogP contribution >= 0.6 is 12.2 Å². The Morgan fingerprint density at radius 3 is 2.47 bits per heavy atom. The van der Waals surface area contributed by atoms with Crippen molar-refractivity contribution in [1.29, 1.82) is 0 Å². The zero-order valence-corrected chi connectivity index (χ0v) is 12.4. The van der Waals surface area contributed by atoms with Crippen molar-refractivity contribution in [2.24, 2.45) is 5.73 Å². The van der Waals surface area contributed by atoms with Gasteiger partial charge in [0, 0.05) is 19.5 Å². The van der Waals surface area contributed by atoms with Gasteiger partial charge in [0.05, 0.1) is 18.5 Å². The molecule has 0 radical (unpaired) electrons. The van der Waals surface area contributed by atoms with Crippen molar-refractivity contribution in [3.63, 3.8) is 0 Å². The minimum Gasteiger partial charge on any atom is -0.497 e. The lowest BCUT2D eigenvalue weighted by molar-refractivity contribution is -0.130. The number of carbonyl (C=O) groups is 1. The number of methoxy groups -OCH3 is 1. The van der Waals surface area contributed by atoms with Crippen LogP contribution in [-0.2, 0) is 11.2 Å². The molecule has 0 aliphatic carbocycles. The summed E-state index contributed by atoms with van der Waals surface area (Å²) in [6, 6.07) is 7.50. The maximum absolute atomic E-state index is 12.1. The van der Waals surface area contributed by atoms with Crippen molar-refractivity contribution in [3.05, 3.63) is 29.8 Å². The van der Waals surface area contributed by atoms with Gasteiger partial charge in [-0.15, -0.1) is 0 Å². The van der Waals surface area contributed by atoms with E-state index in [2.05, 4.69) is 0 Å². The summed E-state index contributed by atoms with van der Waals surface area (Å²) in [4.78, 5) is 14.2. The molecule has 5 heteroatoms. The molecule has 1 atom stereocenters. The number of likely N-dealkylation sites (N-methyl/N-ethyl adjacent to an activating group) is 1. The molecular weight excluding hydrogens is 260 g/mol. The number of carbonyl (C=O) groups excluding carboxylic acids is 1. The number of ether oxygens (including phenoxy) is 1. The predicted octanol–water partition coefficient (Wildman–Crippen LogP) is 1.76. The van der Waals surface area contributed by atoms with Gasteiger partial charge in [-0.2, -0.15) is 0 Å². The number of hydrogen-bond donors (Lipinski definition) is 1. The summed E-state index contributed by atoms with van der Waals surface area (Å²) in [5.74, 6) is 0.834. The summed E-state index contributed by atoms with van der Waals surface area (Å²) in [5.41, 5.74) is 6.45. The van der Waals surface area contributed by atoms with Crippen LogP contribution < -0.4 is 10.5 Å². The Kier molecular flexibility index (Phi) is 5.76. The van der Waals surface area contributed by atoms with Gasteiger partial charge in [-0.25, -0.2) is 0 Å². The van der Waals surface area contributed by atoms with Gasteiger partial charge in [-0.05, 0) is 24.6 Å². The fraction of sp³-hybridized carbons (Fsp3) is 0.429. The molecule has 0 bridgehead atoms. The van der Waals surface area contributed by atoms with Crippen LogP contribution in [0.25, 0.3) is 0 Å². The number of rotatable bonds is 6. The second kappa shape index (κ2) is 7.09. The lowest BCUT2D eigenvalue weighted by Crippen LogP contribution is -2.38. The molecule has 0 spiro atoms. The first-order valence-corrected chi connectivity index (χ1v) is 6.51. The molecule has 0 saturated heterocycles. The number of thiocarbonyl (C=S) groups is 1. The van der Waals surface area contributed by atoms with Crippen LogP contribution in [0.4, 0.5) is 0 Å². The topological polar surface area (TPSA) is 55.6 Å². The quantitative estimate of drug-likeness (QED) is 0.807. The van der Waals surface area contributed by atoms with Gasteiger partial charge in [0.15, 0.2) is 0 Å². The maximum atomic E-state index is 12.1. The minimum absolute atomic E-state index is 0.0169. The van der Waals surface area contributed by atoms with Crippen molar-refractivity contribution in [2.75, 3.05) is 14.2 Å². The van der Waals surface area contributed by atoms with Gasteiger partial charge in [0.1, 0.15) is 5.75 Å². The van der Waals surface area contributed by atoms with E-state index in [0.717, 1.165) is 11.3 Å². The minimum atomic E-state index is 0.0169.